The molecule has 2 aromatic rings. The Balaban J connectivity index is 1.48. The Bertz CT molecular complexity index is 914. The van der Waals surface area contributed by atoms with Crippen LogP contribution in [0.1, 0.15) is 44.8 Å². The number of carbonyl (C=O) groups is 2. The van der Waals surface area contributed by atoms with E-state index >= 15 is 0 Å². The van der Waals surface area contributed by atoms with Crippen molar-refractivity contribution in [2.75, 3.05) is 28.3 Å². The van der Waals surface area contributed by atoms with E-state index in [1.165, 1.54) is 37.1 Å². The molecule has 0 unspecified atom stereocenters. The predicted octanol–water partition coefficient (Wildman–Crippen LogP) is 4.59. The third kappa shape index (κ3) is 6.46. The molecule has 1 fully saturated rings. The average molecular weight is 449 g/mol. The molecule has 1 atom stereocenters. The first-order chi connectivity index (χ1) is 14.8. The molecule has 1 heterocycles. The number of carbonyl (C=O) groups excluding carboxylic acids is 2. The quantitative estimate of drug-likeness (QED) is 0.614. The number of rotatable bonds is 8. The molecular weight excluding hydrogens is 419 g/mol. The van der Waals surface area contributed by atoms with Crippen LogP contribution in [0.25, 0.3) is 0 Å². The highest BCUT2D eigenvalue weighted by Crippen LogP contribution is 2.29. The Kier molecular flexibility index (Phi) is 7.95. The summed E-state index contributed by atoms with van der Waals surface area (Å²) in [4.78, 5) is 26.4. The Labute approximate surface area is 186 Å². The van der Waals surface area contributed by atoms with Crippen molar-refractivity contribution in [3.63, 3.8) is 0 Å². The van der Waals surface area contributed by atoms with Gasteiger partial charge in [-0.2, -0.15) is 0 Å². The molecule has 0 saturated heterocycles. The summed E-state index contributed by atoms with van der Waals surface area (Å²) in [6, 6.07) is 6.74. The van der Waals surface area contributed by atoms with Crippen molar-refractivity contribution in [3.05, 3.63) is 35.8 Å². The van der Waals surface area contributed by atoms with Crippen molar-refractivity contribution in [2.24, 2.45) is 0 Å². The maximum absolute atomic E-state index is 14.7. The summed E-state index contributed by atoms with van der Waals surface area (Å²) in [6.45, 7) is 3.43. The van der Waals surface area contributed by atoms with Gasteiger partial charge in [-0.1, -0.05) is 24.4 Å². The van der Waals surface area contributed by atoms with Gasteiger partial charge in [0.2, 0.25) is 11.8 Å². The molecule has 1 aromatic carbocycles. The molecule has 0 bridgehead atoms. The Morgan fingerprint density at radius 1 is 1.26 bits per heavy atom. The fraction of sp³-hybridized carbons (Fsp3) is 0.500. The van der Waals surface area contributed by atoms with Gasteiger partial charge in [-0.3, -0.25) is 9.59 Å². The molecule has 0 radical (unpaired) electrons. The first kappa shape index (κ1) is 23.1. The highest BCUT2D eigenvalue weighted by atomic mass is 32.2. The van der Waals surface area contributed by atoms with Crippen LogP contribution in [-0.4, -0.2) is 41.1 Å². The van der Waals surface area contributed by atoms with E-state index in [9.17, 15) is 14.0 Å². The van der Waals surface area contributed by atoms with Gasteiger partial charge in [0.1, 0.15) is 11.6 Å². The predicted molar refractivity (Wildman–Crippen MR) is 122 cm³/mol. The lowest BCUT2D eigenvalue weighted by Gasteiger charge is -2.33. The summed E-state index contributed by atoms with van der Waals surface area (Å²) < 4.78 is 19.6. The van der Waals surface area contributed by atoms with Crippen molar-refractivity contribution in [1.29, 1.82) is 0 Å². The number of aromatic nitrogens is 1. The molecule has 31 heavy (non-hydrogen) atoms. The van der Waals surface area contributed by atoms with E-state index in [1.54, 1.807) is 32.0 Å². The molecule has 2 N–H and O–H groups in total. The zero-order valence-electron chi connectivity index (χ0n) is 18.1. The number of hydrogen-bond acceptors (Lipinski definition) is 6. The first-order valence-corrected chi connectivity index (χ1v) is 11.6. The monoisotopic (exact) mass is 448 g/mol. The summed E-state index contributed by atoms with van der Waals surface area (Å²) >= 11 is 1.18. The van der Waals surface area contributed by atoms with Gasteiger partial charge in [-0.25, -0.2) is 4.39 Å². The number of nitrogens with one attached hydrogen (secondary N) is 2. The zero-order chi connectivity index (χ0) is 22.4. The van der Waals surface area contributed by atoms with Crippen LogP contribution in [0.3, 0.4) is 0 Å². The molecule has 7 nitrogen and oxygen atoms in total. The highest BCUT2D eigenvalue weighted by molar-refractivity contribution is 8.01. The van der Waals surface area contributed by atoms with Crippen molar-refractivity contribution >= 4 is 40.8 Å². The van der Waals surface area contributed by atoms with Crippen LogP contribution in [0.15, 0.2) is 28.8 Å². The average Bonchev–Trinajstić information content (AvgIpc) is 3.16. The lowest BCUT2D eigenvalue weighted by Crippen LogP contribution is -2.33. The van der Waals surface area contributed by atoms with E-state index < -0.39 is 5.25 Å². The molecular formula is C22H29FN4O3S. The fourth-order valence-corrected chi connectivity index (χ4v) is 4.35. The van der Waals surface area contributed by atoms with Crippen LogP contribution >= 0.6 is 11.8 Å². The summed E-state index contributed by atoms with van der Waals surface area (Å²) in [5.41, 5.74) is 0.951. The molecule has 168 valence electrons. The van der Waals surface area contributed by atoms with Crippen LogP contribution in [0.4, 0.5) is 21.6 Å². The number of thioether (sulfide) groups is 1. The van der Waals surface area contributed by atoms with Gasteiger partial charge in [0.15, 0.2) is 5.82 Å². The topological polar surface area (TPSA) is 87.5 Å². The van der Waals surface area contributed by atoms with Gasteiger partial charge in [-0.05, 0) is 44.9 Å². The van der Waals surface area contributed by atoms with Gasteiger partial charge >= 0.3 is 0 Å². The minimum absolute atomic E-state index is 0.0672. The molecule has 9 heteroatoms. The number of aryl methyl sites for hydroxylation is 1. The van der Waals surface area contributed by atoms with Crippen molar-refractivity contribution < 1.29 is 18.5 Å². The molecule has 1 saturated carbocycles. The first-order valence-electron chi connectivity index (χ1n) is 10.5. The molecule has 1 aliphatic carbocycles. The minimum atomic E-state index is -0.467. The van der Waals surface area contributed by atoms with Crippen LogP contribution in [-0.2, 0) is 9.59 Å². The summed E-state index contributed by atoms with van der Waals surface area (Å²) in [5, 5.41) is 8.58. The van der Waals surface area contributed by atoms with E-state index in [-0.39, 0.29) is 23.4 Å². The largest absolute Gasteiger partial charge is 0.369 e. The van der Waals surface area contributed by atoms with Crippen LogP contribution < -0.4 is 15.5 Å². The maximum atomic E-state index is 14.7. The van der Waals surface area contributed by atoms with Crippen molar-refractivity contribution in [2.45, 2.75) is 57.2 Å². The molecule has 1 aromatic heterocycles. The Hall–Kier alpha value is -2.55. The third-order valence-corrected chi connectivity index (χ3v) is 6.59. The summed E-state index contributed by atoms with van der Waals surface area (Å²) in [5.74, 6) is 0.0834. The summed E-state index contributed by atoms with van der Waals surface area (Å²) in [7, 11) is 1.93. The Morgan fingerprint density at radius 3 is 2.65 bits per heavy atom. The molecule has 0 aliphatic heterocycles. The zero-order valence-corrected chi connectivity index (χ0v) is 18.9. The smallest absolute Gasteiger partial charge is 0.238 e. The van der Waals surface area contributed by atoms with E-state index in [0.717, 1.165) is 12.8 Å². The third-order valence-electron chi connectivity index (χ3n) is 5.45. The maximum Gasteiger partial charge on any atom is 0.238 e. The Morgan fingerprint density at radius 2 is 2.00 bits per heavy atom. The van der Waals surface area contributed by atoms with E-state index in [2.05, 4.69) is 15.8 Å². The number of amides is 2. The SMILES string of the molecule is Cc1cc(NC(=O)[C@@H](C)SCC(=O)Nc2ccc(N(C)C3CCCCC3)c(F)c2)no1. The van der Waals surface area contributed by atoms with E-state index in [0.29, 0.717) is 29.0 Å². The standard InChI is InChI=1S/C22H29FN4O3S/c1-14-11-20(26-30-14)25-22(29)15(2)31-13-21(28)24-16-9-10-19(18(23)12-16)27(3)17-7-5-4-6-8-17/h9-12,15,17H,4-8,13H2,1-3H3,(H,24,28)(H,25,26,29)/t15-/m1/s1. The van der Waals surface area contributed by atoms with E-state index in [1.807, 2.05) is 11.9 Å². The second-order valence-corrected chi connectivity index (χ2v) is 9.21. The normalized spacial score (nSPS) is 15.4. The van der Waals surface area contributed by atoms with Crippen molar-refractivity contribution in [1.82, 2.24) is 5.16 Å². The van der Waals surface area contributed by atoms with Crippen LogP contribution in [0.2, 0.25) is 0 Å². The highest BCUT2D eigenvalue weighted by Gasteiger charge is 2.21. The van der Waals surface area contributed by atoms with Gasteiger partial charge in [-0.15, -0.1) is 11.8 Å². The number of halogens is 1. The summed E-state index contributed by atoms with van der Waals surface area (Å²) in [6.07, 6.45) is 5.76. The number of nitrogens with zero attached hydrogens (tertiary/aromatic N) is 2. The van der Waals surface area contributed by atoms with Gasteiger partial charge < -0.3 is 20.1 Å². The van der Waals surface area contributed by atoms with Crippen molar-refractivity contribution in [3.8, 4) is 0 Å². The van der Waals surface area contributed by atoms with Gasteiger partial charge in [0.25, 0.3) is 0 Å². The second-order valence-electron chi connectivity index (χ2n) is 7.88. The minimum Gasteiger partial charge on any atom is -0.369 e. The number of hydrogen-bond donors (Lipinski definition) is 2. The second kappa shape index (κ2) is 10.7. The van der Waals surface area contributed by atoms with Gasteiger partial charge in [0, 0.05) is 24.8 Å². The number of benzene rings is 1. The van der Waals surface area contributed by atoms with Crippen LogP contribution in [0, 0.1) is 12.7 Å². The lowest BCUT2D eigenvalue weighted by molar-refractivity contribution is -0.115. The lowest BCUT2D eigenvalue weighted by atomic mass is 9.94. The van der Waals surface area contributed by atoms with Crippen LogP contribution in [0.5, 0.6) is 0 Å². The number of anilines is 3. The molecule has 2 amide bonds. The van der Waals surface area contributed by atoms with Gasteiger partial charge in [0.05, 0.1) is 16.7 Å². The fourth-order valence-electron chi connectivity index (χ4n) is 3.66. The van der Waals surface area contributed by atoms with E-state index in [4.69, 9.17) is 4.52 Å². The molecule has 1 aliphatic rings. The molecule has 0 spiro atoms. The molecule has 3 rings (SSSR count).